The van der Waals surface area contributed by atoms with Crippen molar-refractivity contribution in [3.63, 3.8) is 0 Å². The van der Waals surface area contributed by atoms with E-state index in [2.05, 4.69) is 5.32 Å². The smallest absolute Gasteiger partial charge is 0.270 e. The van der Waals surface area contributed by atoms with Gasteiger partial charge in [0.15, 0.2) is 0 Å². The Kier molecular flexibility index (Phi) is 6.32. The van der Waals surface area contributed by atoms with Gasteiger partial charge in [-0.2, -0.15) is 0 Å². The molecule has 0 spiro atoms. The van der Waals surface area contributed by atoms with E-state index in [0.717, 1.165) is 5.56 Å². The number of carbonyl (C=O) groups excluding carboxylic acids is 1. The summed E-state index contributed by atoms with van der Waals surface area (Å²) in [4.78, 5) is 22.5. The van der Waals surface area contributed by atoms with Gasteiger partial charge >= 0.3 is 0 Å². The molecule has 2 aromatic rings. The van der Waals surface area contributed by atoms with Crippen molar-refractivity contribution in [3.8, 4) is 11.5 Å². The highest BCUT2D eigenvalue weighted by atomic mass is 16.6. The zero-order valence-corrected chi connectivity index (χ0v) is 14.8. The highest BCUT2D eigenvalue weighted by Gasteiger charge is 2.14. The average molecular weight is 356 g/mol. The average Bonchev–Trinajstić information content (AvgIpc) is 2.65. The molecule has 2 rings (SSSR count). The lowest BCUT2D eigenvalue weighted by molar-refractivity contribution is -0.384. The Labute approximate surface area is 151 Å². The second-order valence-electron chi connectivity index (χ2n) is 5.52. The molecule has 0 heterocycles. The third-order valence-corrected chi connectivity index (χ3v) is 3.77. The van der Waals surface area contributed by atoms with Gasteiger partial charge in [-0.05, 0) is 36.8 Å². The van der Waals surface area contributed by atoms with Gasteiger partial charge in [0.2, 0.25) is 5.91 Å². The number of ether oxygens (including phenoxy) is 2. The van der Waals surface area contributed by atoms with Crippen molar-refractivity contribution in [1.82, 2.24) is 5.32 Å². The highest BCUT2D eigenvalue weighted by Crippen LogP contribution is 2.29. The number of hydrogen-bond donors (Lipinski definition) is 1. The third-order valence-electron chi connectivity index (χ3n) is 3.77. The summed E-state index contributed by atoms with van der Waals surface area (Å²) in [6, 6.07) is 11.1. The van der Waals surface area contributed by atoms with Crippen molar-refractivity contribution >= 4 is 17.7 Å². The molecule has 0 bridgehead atoms. The molecule has 1 N–H and O–H groups in total. The summed E-state index contributed by atoms with van der Waals surface area (Å²) in [6.07, 6.45) is 2.86. The first kappa shape index (κ1) is 19.0. The van der Waals surface area contributed by atoms with Gasteiger partial charge in [-0.15, -0.1) is 0 Å². The third kappa shape index (κ3) is 4.83. The zero-order chi connectivity index (χ0) is 19.1. The Morgan fingerprint density at radius 2 is 1.96 bits per heavy atom. The van der Waals surface area contributed by atoms with Crippen LogP contribution in [0.5, 0.6) is 11.5 Å². The fourth-order valence-corrected chi connectivity index (χ4v) is 2.43. The molecular formula is C19H20N2O5. The molecule has 136 valence electrons. The summed E-state index contributed by atoms with van der Waals surface area (Å²) < 4.78 is 10.5. The fourth-order valence-electron chi connectivity index (χ4n) is 2.43. The Hall–Kier alpha value is -3.35. The quantitative estimate of drug-likeness (QED) is 0.466. The Balaban J connectivity index is 2.10. The van der Waals surface area contributed by atoms with E-state index >= 15 is 0 Å². The molecule has 0 saturated heterocycles. The van der Waals surface area contributed by atoms with Gasteiger partial charge in [-0.25, -0.2) is 0 Å². The Morgan fingerprint density at radius 1 is 1.19 bits per heavy atom. The molecule has 0 unspecified atom stereocenters. The van der Waals surface area contributed by atoms with Crippen molar-refractivity contribution in [2.45, 2.75) is 13.0 Å². The standard InChI is InChI=1S/C19H20N2O5/c1-13(17-12-16(25-2)8-9-18(17)26-3)20-19(22)10-7-14-5-4-6-15(11-14)21(23)24/h4-13H,1-3H3,(H,20,22)/b10-7+/t13-/m0/s1. The zero-order valence-electron chi connectivity index (χ0n) is 14.8. The minimum absolute atomic E-state index is 0.0259. The van der Waals surface area contributed by atoms with Gasteiger partial charge < -0.3 is 14.8 Å². The van der Waals surface area contributed by atoms with Crippen LogP contribution in [0, 0.1) is 10.1 Å². The molecule has 0 radical (unpaired) electrons. The lowest BCUT2D eigenvalue weighted by Crippen LogP contribution is -2.25. The lowest BCUT2D eigenvalue weighted by Gasteiger charge is -2.17. The summed E-state index contributed by atoms with van der Waals surface area (Å²) in [6.45, 7) is 1.83. The Bertz CT molecular complexity index is 832. The number of amides is 1. The molecular weight excluding hydrogens is 336 g/mol. The minimum Gasteiger partial charge on any atom is -0.497 e. The van der Waals surface area contributed by atoms with Crippen LogP contribution in [0.15, 0.2) is 48.5 Å². The van der Waals surface area contributed by atoms with Crippen molar-refractivity contribution in [2.75, 3.05) is 14.2 Å². The van der Waals surface area contributed by atoms with Crippen LogP contribution in [0.4, 0.5) is 5.69 Å². The van der Waals surface area contributed by atoms with E-state index in [1.165, 1.54) is 24.3 Å². The van der Waals surface area contributed by atoms with Crippen LogP contribution in [0.2, 0.25) is 0 Å². The molecule has 0 aliphatic rings. The molecule has 0 saturated carbocycles. The van der Waals surface area contributed by atoms with Gasteiger partial charge in [0.05, 0.1) is 25.2 Å². The van der Waals surface area contributed by atoms with Crippen LogP contribution in [0.25, 0.3) is 6.08 Å². The number of nitrogens with zero attached hydrogens (tertiary/aromatic N) is 1. The van der Waals surface area contributed by atoms with Crippen LogP contribution >= 0.6 is 0 Å². The van der Waals surface area contributed by atoms with Crippen LogP contribution < -0.4 is 14.8 Å². The maximum absolute atomic E-state index is 12.2. The van der Waals surface area contributed by atoms with Crippen molar-refractivity contribution in [3.05, 3.63) is 69.8 Å². The molecule has 0 fully saturated rings. The highest BCUT2D eigenvalue weighted by molar-refractivity contribution is 5.92. The first-order valence-electron chi connectivity index (χ1n) is 7.89. The van der Waals surface area contributed by atoms with Crippen molar-refractivity contribution < 1.29 is 19.2 Å². The second kappa shape index (κ2) is 8.66. The second-order valence-corrected chi connectivity index (χ2v) is 5.52. The summed E-state index contributed by atoms with van der Waals surface area (Å²) in [7, 11) is 3.12. The number of hydrogen-bond acceptors (Lipinski definition) is 5. The number of rotatable bonds is 7. The van der Waals surface area contributed by atoms with Crippen LogP contribution in [0.1, 0.15) is 24.1 Å². The van der Waals surface area contributed by atoms with Gasteiger partial charge in [0, 0.05) is 23.8 Å². The molecule has 1 atom stereocenters. The maximum atomic E-state index is 12.2. The van der Waals surface area contributed by atoms with Crippen LogP contribution in [-0.4, -0.2) is 25.1 Å². The van der Waals surface area contributed by atoms with Crippen LogP contribution in [0.3, 0.4) is 0 Å². The normalized spacial score (nSPS) is 11.8. The van der Waals surface area contributed by atoms with E-state index in [4.69, 9.17) is 9.47 Å². The SMILES string of the molecule is COc1ccc(OC)c([C@H](C)NC(=O)/C=C/c2cccc([N+](=O)[O-])c2)c1. The molecule has 26 heavy (non-hydrogen) atoms. The number of nitro groups is 1. The summed E-state index contributed by atoms with van der Waals surface area (Å²) in [5.41, 5.74) is 1.33. The number of benzene rings is 2. The lowest BCUT2D eigenvalue weighted by atomic mass is 10.1. The largest absolute Gasteiger partial charge is 0.497 e. The molecule has 0 aliphatic heterocycles. The first-order chi connectivity index (χ1) is 12.4. The predicted molar refractivity (Wildman–Crippen MR) is 98.2 cm³/mol. The number of nitrogens with one attached hydrogen (secondary N) is 1. The minimum atomic E-state index is -0.478. The molecule has 0 aliphatic carbocycles. The molecule has 7 heteroatoms. The van der Waals surface area contributed by atoms with E-state index in [1.54, 1.807) is 44.6 Å². The first-order valence-corrected chi connectivity index (χ1v) is 7.89. The maximum Gasteiger partial charge on any atom is 0.270 e. The number of non-ortho nitro benzene ring substituents is 1. The monoisotopic (exact) mass is 356 g/mol. The fraction of sp³-hybridized carbons (Fsp3) is 0.211. The topological polar surface area (TPSA) is 90.7 Å². The van der Waals surface area contributed by atoms with E-state index in [1.807, 2.05) is 6.92 Å². The summed E-state index contributed by atoms with van der Waals surface area (Å²) >= 11 is 0. The van der Waals surface area contributed by atoms with Gasteiger partial charge in [-0.3, -0.25) is 14.9 Å². The van der Waals surface area contributed by atoms with E-state index in [-0.39, 0.29) is 17.6 Å². The van der Waals surface area contributed by atoms with E-state index in [0.29, 0.717) is 17.1 Å². The Morgan fingerprint density at radius 3 is 2.62 bits per heavy atom. The molecule has 0 aromatic heterocycles. The summed E-state index contributed by atoms with van der Waals surface area (Å²) in [5, 5.41) is 13.6. The molecule has 1 amide bonds. The van der Waals surface area contributed by atoms with E-state index < -0.39 is 4.92 Å². The molecule has 2 aromatic carbocycles. The molecule has 7 nitrogen and oxygen atoms in total. The number of carbonyl (C=O) groups is 1. The van der Waals surface area contributed by atoms with Gasteiger partial charge in [-0.1, -0.05) is 12.1 Å². The van der Waals surface area contributed by atoms with Gasteiger partial charge in [0.25, 0.3) is 5.69 Å². The van der Waals surface area contributed by atoms with Crippen LogP contribution in [-0.2, 0) is 4.79 Å². The predicted octanol–water partition coefficient (Wildman–Crippen LogP) is 3.50. The number of nitro benzene ring substituents is 1. The van der Waals surface area contributed by atoms with Gasteiger partial charge in [0.1, 0.15) is 11.5 Å². The number of methoxy groups -OCH3 is 2. The van der Waals surface area contributed by atoms with E-state index in [9.17, 15) is 14.9 Å². The summed E-state index contributed by atoms with van der Waals surface area (Å²) in [5.74, 6) is 0.976. The van der Waals surface area contributed by atoms with Crippen molar-refractivity contribution in [1.29, 1.82) is 0 Å². The van der Waals surface area contributed by atoms with Crippen molar-refractivity contribution in [2.24, 2.45) is 0 Å².